The fourth-order valence-electron chi connectivity index (χ4n) is 3.53. The maximum Gasteiger partial charge on any atom is 0.137 e. The van der Waals surface area contributed by atoms with Crippen LogP contribution < -0.4 is 0 Å². The highest BCUT2D eigenvalue weighted by molar-refractivity contribution is 6.30. The van der Waals surface area contributed by atoms with E-state index in [0.717, 1.165) is 44.3 Å². The van der Waals surface area contributed by atoms with E-state index in [-0.39, 0.29) is 0 Å². The lowest BCUT2D eigenvalue weighted by molar-refractivity contribution is 1.19. The zero-order valence-corrected chi connectivity index (χ0v) is 15.8. The second-order valence-electron chi connectivity index (χ2n) is 6.69. The molecule has 28 heavy (non-hydrogen) atoms. The Labute approximate surface area is 168 Å². The molecule has 5 aromatic rings. The van der Waals surface area contributed by atoms with Crippen molar-refractivity contribution in [1.82, 2.24) is 9.38 Å². The molecule has 0 spiro atoms. The van der Waals surface area contributed by atoms with Gasteiger partial charge >= 0.3 is 0 Å². The summed E-state index contributed by atoms with van der Waals surface area (Å²) in [5.74, 6) is 0. The number of imidazole rings is 1. The van der Waals surface area contributed by atoms with E-state index in [2.05, 4.69) is 59.1 Å². The number of fused-ring (bicyclic) bond motifs is 1. The Kier molecular flexibility index (Phi) is 4.19. The van der Waals surface area contributed by atoms with Crippen LogP contribution in [0.4, 0.5) is 0 Å². The maximum atomic E-state index is 6.01. The summed E-state index contributed by atoms with van der Waals surface area (Å²) < 4.78 is 2.15. The number of pyridine rings is 1. The zero-order chi connectivity index (χ0) is 18.9. The Morgan fingerprint density at radius 3 is 1.89 bits per heavy atom. The molecule has 0 aliphatic heterocycles. The van der Waals surface area contributed by atoms with Gasteiger partial charge in [-0.3, -0.25) is 4.40 Å². The first-order valence-electron chi connectivity index (χ1n) is 9.18. The molecule has 0 radical (unpaired) electrons. The van der Waals surface area contributed by atoms with Crippen molar-refractivity contribution in [3.05, 3.63) is 108 Å². The molecule has 3 heteroatoms. The van der Waals surface area contributed by atoms with Crippen LogP contribution in [0.1, 0.15) is 0 Å². The number of hydrogen-bond acceptors (Lipinski definition) is 1. The van der Waals surface area contributed by atoms with E-state index in [4.69, 9.17) is 16.6 Å². The van der Waals surface area contributed by atoms with E-state index < -0.39 is 0 Å². The first-order valence-corrected chi connectivity index (χ1v) is 9.56. The third-order valence-electron chi connectivity index (χ3n) is 4.91. The molecule has 0 bridgehead atoms. The number of halogens is 1. The summed E-state index contributed by atoms with van der Waals surface area (Å²) >= 11 is 6.01. The minimum Gasteiger partial charge on any atom is -0.299 e. The standard InChI is InChI=1S/C25H17ClN2/c26-22-15-13-19(14-16-22)18-9-11-20(12-10-18)24-25(21-6-2-1-3-7-21)28-17-5-4-8-23(28)27-24/h1-17H. The van der Waals surface area contributed by atoms with Crippen LogP contribution in [0.25, 0.3) is 39.3 Å². The number of hydrogen-bond donors (Lipinski definition) is 0. The van der Waals surface area contributed by atoms with Crippen LogP contribution in [0, 0.1) is 0 Å². The summed E-state index contributed by atoms with van der Waals surface area (Å²) in [5, 5.41) is 0.748. The van der Waals surface area contributed by atoms with Crippen LogP contribution in [-0.2, 0) is 0 Å². The Morgan fingerprint density at radius 2 is 1.18 bits per heavy atom. The first-order chi connectivity index (χ1) is 13.8. The van der Waals surface area contributed by atoms with Gasteiger partial charge in [-0.1, -0.05) is 84.4 Å². The molecular formula is C25H17ClN2. The van der Waals surface area contributed by atoms with Crippen molar-refractivity contribution in [3.8, 4) is 33.6 Å². The molecule has 0 unspecified atom stereocenters. The van der Waals surface area contributed by atoms with Gasteiger partial charge in [0.2, 0.25) is 0 Å². The van der Waals surface area contributed by atoms with Crippen LogP contribution in [0.15, 0.2) is 103 Å². The lowest BCUT2D eigenvalue weighted by atomic mass is 10.0. The van der Waals surface area contributed by atoms with Crippen LogP contribution in [0.3, 0.4) is 0 Å². The van der Waals surface area contributed by atoms with Gasteiger partial charge in [0.15, 0.2) is 0 Å². The molecule has 0 saturated carbocycles. The van der Waals surface area contributed by atoms with Gasteiger partial charge in [-0.2, -0.15) is 0 Å². The van der Waals surface area contributed by atoms with Crippen molar-refractivity contribution < 1.29 is 0 Å². The predicted octanol–water partition coefficient (Wildman–Crippen LogP) is 6.99. The highest BCUT2D eigenvalue weighted by atomic mass is 35.5. The molecule has 2 heterocycles. The van der Waals surface area contributed by atoms with Crippen molar-refractivity contribution in [3.63, 3.8) is 0 Å². The van der Waals surface area contributed by atoms with Gasteiger partial charge in [-0.15, -0.1) is 0 Å². The Balaban J connectivity index is 1.64. The second kappa shape index (κ2) is 6.99. The van der Waals surface area contributed by atoms with Crippen LogP contribution >= 0.6 is 11.6 Å². The third-order valence-corrected chi connectivity index (χ3v) is 5.17. The van der Waals surface area contributed by atoms with Crippen molar-refractivity contribution in [1.29, 1.82) is 0 Å². The lowest BCUT2D eigenvalue weighted by Crippen LogP contribution is -1.89. The third kappa shape index (κ3) is 2.98. The van der Waals surface area contributed by atoms with Crippen molar-refractivity contribution >= 4 is 17.2 Å². The summed E-state index contributed by atoms with van der Waals surface area (Å²) in [6, 6.07) is 33.0. The summed E-state index contributed by atoms with van der Waals surface area (Å²) in [4.78, 5) is 4.92. The molecule has 0 aliphatic carbocycles. The van der Waals surface area contributed by atoms with Gasteiger partial charge in [0.05, 0.1) is 11.4 Å². The maximum absolute atomic E-state index is 6.01. The van der Waals surface area contributed by atoms with E-state index >= 15 is 0 Å². The quantitative estimate of drug-likeness (QED) is 0.329. The van der Waals surface area contributed by atoms with E-state index in [0.29, 0.717) is 0 Å². The predicted molar refractivity (Wildman–Crippen MR) is 117 cm³/mol. The fourth-order valence-corrected chi connectivity index (χ4v) is 3.66. The molecule has 2 nitrogen and oxygen atoms in total. The second-order valence-corrected chi connectivity index (χ2v) is 7.12. The molecule has 0 atom stereocenters. The average Bonchev–Trinajstić information content (AvgIpc) is 3.15. The van der Waals surface area contributed by atoms with Gasteiger partial charge in [-0.25, -0.2) is 4.98 Å². The van der Waals surface area contributed by atoms with Crippen molar-refractivity contribution in [2.45, 2.75) is 0 Å². The number of aromatic nitrogens is 2. The monoisotopic (exact) mass is 380 g/mol. The molecule has 0 fully saturated rings. The van der Waals surface area contributed by atoms with Gasteiger partial charge in [0, 0.05) is 22.3 Å². The number of nitrogens with zero attached hydrogens (tertiary/aromatic N) is 2. The summed E-state index contributed by atoms with van der Waals surface area (Å²) in [6.45, 7) is 0. The molecular weight excluding hydrogens is 364 g/mol. The summed E-state index contributed by atoms with van der Waals surface area (Å²) in [5.41, 5.74) is 7.59. The van der Waals surface area contributed by atoms with Gasteiger partial charge in [0.1, 0.15) is 5.65 Å². The highest BCUT2D eigenvalue weighted by Crippen LogP contribution is 2.33. The van der Waals surface area contributed by atoms with Gasteiger partial charge in [-0.05, 0) is 35.4 Å². The van der Waals surface area contributed by atoms with E-state index in [9.17, 15) is 0 Å². The van der Waals surface area contributed by atoms with Crippen LogP contribution in [-0.4, -0.2) is 9.38 Å². The Bertz CT molecular complexity index is 1240. The summed E-state index contributed by atoms with van der Waals surface area (Å²) in [7, 11) is 0. The molecule has 0 amide bonds. The first kappa shape index (κ1) is 16.8. The van der Waals surface area contributed by atoms with Crippen molar-refractivity contribution in [2.24, 2.45) is 0 Å². The van der Waals surface area contributed by atoms with E-state index in [1.165, 1.54) is 0 Å². The summed E-state index contributed by atoms with van der Waals surface area (Å²) in [6.07, 6.45) is 2.07. The van der Waals surface area contributed by atoms with Crippen LogP contribution in [0.5, 0.6) is 0 Å². The Hall–Kier alpha value is -3.36. The van der Waals surface area contributed by atoms with E-state index in [1.54, 1.807) is 0 Å². The minimum absolute atomic E-state index is 0.748. The molecule has 5 rings (SSSR count). The minimum atomic E-state index is 0.748. The smallest absolute Gasteiger partial charge is 0.137 e. The van der Waals surface area contributed by atoms with Crippen LogP contribution in [0.2, 0.25) is 5.02 Å². The molecule has 2 aromatic heterocycles. The zero-order valence-electron chi connectivity index (χ0n) is 15.1. The van der Waals surface area contributed by atoms with Gasteiger partial charge < -0.3 is 0 Å². The fraction of sp³-hybridized carbons (Fsp3) is 0. The topological polar surface area (TPSA) is 17.3 Å². The molecule has 0 saturated heterocycles. The molecule has 0 aliphatic rings. The normalized spacial score (nSPS) is 11.0. The lowest BCUT2D eigenvalue weighted by Gasteiger charge is -2.07. The molecule has 3 aromatic carbocycles. The largest absolute Gasteiger partial charge is 0.299 e. The SMILES string of the molecule is Clc1ccc(-c2ccc(-c3nc4ccccn4c3-c3ccccc3)cc2)cc1. The number of benzene rings is 3. The van der Waals surface area contributed by atoms with E-state index in [1.807, 2.05) is 48.5 Å². The molecule has 0 N–H and O–H groups in total. The molecule has 134 valence electrons. The van der Waals surface area contributed by atoms with Gasteiger partial charge in [0.25, 0.3) is 0 Å². The Morgan fingerprint density at radius 1 is 0.571 bits per heavy atom. The highest BCUT2D eigenvalue weighted by Gasteiger charge is 2.15. The van der Waals surface area contributed by atoms with Crippen molar-refractivity contribution in [2.75, 3.05) is 0 Å². The average molecular weight is 381 g/mol. The number of rotatable bonds is 3.